The number of aromatic nitrogens is 1. The van der Waals surface area contributed by atoms with E-state index in [0.717, 1.165) is 4.90 Å². The Morgan fingerprint density at radius 1 is 1.17 bits per heavy atom. The second-order valence-corrected chi connectivity index (χ2v) is 10.2. The van der Waals surface area contributed by atoms with Gasteiger partial charge in [-0.15, -0.1) is 23.1 Å². The number of hydrogen-bond donors (Lipinski definition) is 2. The fraction of sp³-hybridized carbons (Fsp3) is 0.158. The molecule has 10 heteroatoms. The number of amides is 1. The molecule has 0 aliphatic heterocycles. The van der Waals surface area contributed by atoms with Crippen LogP contribution in [-0.4, -0.2) is 24.6 Å². The van der Waals surface area contributed by atoms with Crippen molar-refractivity contribution in [1.29, 1.82) is 0 Å². The van der Waals surface area contributed by atoms with Crippen LogP contribution in [0.1, 0.15) is 13.3 Å². The maximum absolute atomic E-state index is 12.6. The molecule has 0 fully saturated rings. The van der Waals surface area contributed by atoms with Gasteiger partial charge in [-0.05, 0) is 55.0 Å². The van der Waals surface area contributed by atoms with Crippen molar-refractivity contribution >= 4 is 61.4 Å². The topological polar surface area (TPSA) is 88.2 Å². The molecule has 0 bridgehead atoms. The molecule has 0 saturated carbocycles. The molecule has 0 aliphatic carbocycles. The molecule has 6 nitrogen and oxygen atoms in total. The van der Waals surface area contributed by atoms with E-state index in [4.69, 9.17) is 11.6 Å². The minimum atomic E-state index is -3.72. The highest BCUT2D eigenvalue weighted by Crippen LogP contribution is 2.28. The Bertz CT molecular complexity index is 1050. The number of hydrogen-bond acceptors (Lipinski definition) is 6. The van der Waals surface area contributed by atoms with E-state index in [1.54, 1.807) is 29.6 Å². The summed E-state index contributed by atoms with van der Waals surface area (Å²) in [6.07, 6.45) is 2.16. The third-order valence-electron chi connectivity index (χ3n) is 3.84. The Morgan fingerprint density at radius 3 is 2.45 bits per heavy atom. The lowest BCUT2D eigenvalue weighted by Gasteiger charge is -2.15. The van der Waals surface area contributed by atoms with Crippen molar-refractivity contribution in [3.8, 4) is 0 Å². The van der Waals surface area contributed by atoms with E-state index in [-0.39, 0.29) is 16.1 Å². The summed E-state index contributed by atoms with van der Waals surface area (Å²) in [6.45, 7) is 1.94. The predicted octanol–water partition coefficient (Wildman–Crippen LogP) is 5.11. The van der Waals surface area contributed by atoms with E-state index in [2.05, 4.69) is 15.0 Å². The van der Waals surface area contributed by atoms with Crippen molar-refractivity contribution in [2.24, 2.45) is 0 Å². The van der Waals surface area contributed by atoms with E-state index < -0.39 is 10.0 Å². The second kappa shape index (κ2) is 9.62. The quantitative estimate of drug-likeness (QED) is 0.449. The first-order chi connectivity index (χ1) is 13.9. The second-order valence-electron chi connectivity index (χ2n) is 5.93. The van der Waals surface area contributed by atoms with E-state index >= 15 is 0 Å². The summed E-state index contributed by atoms with van der Waals surface area (Å²) in [5.74, 6) is -0.149. The first-order valence-corrected chi connectivity index (χ1v) is 12.2. The van der Waals surface area contributed by atoms with Gasteiger partial charge in [0.05, 0.1) is 10.1 Å². The van der Waals surface area contributed by atoms with E-state index in [9.17, 15) is 13.2 Å². The molecule has 2 aromatic carbocycles. The number of carbonyl (C=O) groups is 1. The van der Waals surface area contributed by atoms with Crippen LogP contribution < -0.4 is 10.0 Å². The summed E-state index contributed by atoms with van der Waals surface area (Å²) < 4.78 is 27.2. The van der Waals surface area contributed by atoms with E-state index in [1.165, 1.54) is 41.4 Å². The summed E-state index contributed by atoms with van der Waals surface area (Å²) in [7, 11) is -3.72. The van der Waals surface area contributed by atoms with Gasteiger partial charge in [0, 0.05) is 27.2 Å². The van der Waals surface area contributed by atoms with Crippen LogP contribution in [0.25, 0.3) is 0 Å². The Morgan fingerprint density at radius 2 is 1.86 bits per heavy atom. The molecule has 3 rings (SSSR count). The SMILES string of the molecule is CC[C@H](Sc1ccc(Cl)cc1)C(=O)Nc1ccc(S(=O)(=O)Nc2nccs2)cc1. The maximum atomic E-state index is 12.6. The van der Waals surface area contributed by atoms with Crippen molar-refractivity contribution in [1.82, 2.24) is 4.98 Å². The van der Waals surface area contributed by atoms with Crippen molar-refractivity contribution in [3.63, 3.8) is 0 Å². The summed E-state index contributed by atoms with van der Waals surface area (Å²) in [4.78, 5) is 17.6. The molecule has 0 radical (unpaired) electrons. The molecule has 0 aliphatic rings. The van der Waals surface area contributed by atoms with Gasteiger partial charge in [0.15, 0.2) is 5.13 Å². The fourth-order valence-electron chi connectivity index (χ4n) is 2.39. The number of rotatable bonds is 8. The van der Waals surface area contributed by atoms with Crippen molar-refractivity contribution in [3.05, 3.63) is 65.1 Å². The standard InChI is InChI=1S/C19H18ClN3O3S3/c1-2-17(28-15-7-3-13(20)4-8-15)18(24)22-14-5-9-16(10-6-14)29(25,26)23-19-21-11-12-27-19/h3-12,17H,2H2,1H3,(H,21,23)(H,22,24)/t17-/m0/s1. The lowest BCUT2D eigenvalue weighted by molar-refractivity contribution is -0.115. The molecule has 2 N–H and O–H groups in total. The van der Waals surface area contributed by atoms with Crippen LogP contribution in [0.3, 0.4) is 0 Å². The van der Waals surface area contributed by atoms with Crippen LogP contribution in [0.5, 0.6) is 0 Å². The minimum absolute atomic E-state index is 0.0910. The molecule has 1 atom stereocenters. The van der Waals surface area contributed by atoms with Gasteiger partial charge in [-0.2, -0.15) is 0 Å². The molecule has 3 aromatic rings. The number of nitrogens with zero attached hydrogens (tertiary/aromatic N) is 1. The van der Waals surface area contributed by atoms with Gasteiger partial charge in [0.2, 0.25) is 5.91 Å². The first-order valence-electron chi connectivity index (χ1n) is 8.63. The fourth-order valence-corrected chi connectivity index (χ4v) is 5.26. The molecule has 1 amide bonds. The average Bonchev–Trinajstić information content (AvgIpc) is 3.20. The van der Waals surface area contributed by atoms with Crippen molar-refractivity contribution in [2.45, 2.75) is 28.4 Å². The Kier molecular flexibility index (Phi) is 7.18. The summed E-state index contributed by atoms with van der Waals surface area (Å²) >= 11 is 8.54. The Hall–Kier alpha value is -2.07. The summed E-state index contributed by atoms with van der Waals surface area (Å²) in [6, 6.07) is 13.3. The molecule has 0 saturated heterocycles. The minimum Gasteiger partial charge on any atom is -0.325 e. The van der Waals surface area contributed by atoms with Gasteiger partial charge >= 0.3 is 0 Å². The zero-order valence-corrected chi connectivity index (χ0v) is 18.5. The van der Waals surface area contributed by atoms with Gasteiger partial charge in [0.1, 0.15) is 0 Å². The molecule has 1 aromatic heterocycles. The summed E-state index contributed by atoms with van der Waals surface area (Å²) in [5.41, 5.74) is 0.526. The number of carbonyl (C=O) groups excluding carboxylic acids is 1. The lowest BCUT2D eigenvalue weighted by Crippen LogP contribution is -2.24. The van der Waals surface area contributed by atoms with Gasteiger partial charge in [-0.3, -0.25) is 9.52 Å². The Balaban J connectivity index is 1.64. The molecule has 29 heavy (non-hydrogen) atoms. The number of thiazole rings is 1. The van der Waals surface area contributed by atoms with E-state index in [1.807, 2.05) is 19.1 Å². The number of thioether (sulfide) groups is 1. The number of nitrogens with one attached hydrogen (secondary N) is 2. The zero-order chi connectivity index (χ0) is 20.9. The number of anilines is 2. The van der Waals surface area contributed by atoms with Crippen LogP contribution in [0, 0.1) is 0 Å². The van der Waals surface area contributed by atoms with E-state index in [0.29, 0.717) is 22.3 Å². The zero-order valence-electron chi connectivity index (χ0n) is 15.3. The average molecular weight is 468 g/mol. The number of halogens is 1. The molecule has 152 valence electrons. The van der Waals surface area contributed by atoms with Crippen LogP contribution in [0.2, 0.25) is 5.02 Å². The smallest absolute Gasteiger partial charge is 0.263 e. The highest BCUT2D eigenvalue weighted by Gasteiger charge is 2.19. The first kappa shape index (κ1) is 21.6. The monoisotopic (exact) mass is 467 g/mol. The highest BCUT2D eigenvalue weighted by molar-refractivity contribution is 8.00. The van der Waals surface area contributed by atoms with Crippen molar-refractivity contribution < 1.29 is 13.2 Å². The van der Waals surface area contributed by atoms with Gasteiger partial charge in [0.25, 0.3) is 10.0 Å². The van der Waals surface area contributed by atoms with Crippen LogP contribution >= 0.6 is 34.7 Å². The normalized spacial score (nSPS) is 12.3. The van der Waals surface area contributed by atoms with Crippen molar-refractivity contribution in [2.75, 3.05) is 10.0 Å². The van der Waals surface area contributed by atoms with Gasteiger partial charge in [-0.25, -0.2) is 13.4 Å². The van der Waals surface area contributed by atoms with Crippen LogP contribution in [0.15, 0.2) is 69.9 Å². The third kappa shape index (κ3) is 5.96. The molecule has 1 heterocycles. The number of sulfonamides is 1. The van der Waals surface area contributed by atoms with Gasteiger partial charge in [-0.1, -0.05) is 18.5 Å². The lowest BCUT2D eigenvalue weighted by atomic mass is 10.3. The molecular formula is C19H18ClN3O3S3. The van der Waals surface area contributed by atoms with Crippen LogP contribution in [0.4, 0.5) is 10.8 Å². The maximum Gasteiger partial charge on any atom is 0.263 e. The van der Waals surface area contributed by atoms with Gasteiger partial charge < -0.3 is 5.32 Å². The Labute approximate surface area is 182 Å². The summed E-state index contributed by atoms with van der Waals surface area (Å²) in [5, 5.41) is 5.18. The molecular weight excluding hydrogens is 450 g/mol. The predicted molar refractivity (Wildman–Crippen MR) is 119 cm³/mol. The highest BCUT2D eigenvalue weighted by atomic mass is 35.5. The molecule has 0 spiro atoms. The largest absolute Gasteiger partial charge is 0.325 e. The third-order valence-corrected chi connectivity index (χ3v) is 7.64. The number of benzene rings is 2. The molecule has 0 unspecified atom stereocenters. The van der Waals surface area contributed by atoms with Crippen LogP contribution in [-0.2, 0) is 14.8 Å².